The lowest BCUT2D eigenvalue weighted by Crippen LogP contribution is -2.30. The Kier molecular flexibility index (Phi) is 79.8. The van der Waals surface area contributed by atoms with Crippen molar-refractivity contribution in [1.29, 1.82) is 0 Å². The Labute approximate surface area is 670 Å². The highest BCUT2D eigenvalue weighted by Gasteiger charge is 2.31. The third-order valence-electron chi connectivity index (χ3n) is 21.2. The molecule has 0 bridgehead atoms. The summed E-state index contributed by atoms with van der Waals surface area (Å²) in [5.74, 6) is -0.482. The van der Waals surface area contributed by atoms with Gasteiger partial charge >= 0.3 is 39.5 Å². The lowest BCUT2D eigenvalue weighted by molar-refractivity contribution is -0.161. The normalized spacial score (nSPS) is 13.8. The van der Waals surface area contributed by atoms with E-state index in [0.29, 0.717) is 25.7 Å². The quantitative estimate of drug-likeness (QED) is 0.0222. The van der Waals surface area contributed by atoms with E-state index >= 15 is 0 Å². The lowest BCUT2D eigenvalue weighted by Gasteiger charge is -2.21. The van der Waals surface area contributed by atoms with Gasteiger partial charge < -0.3 is 33.8 Å². The summed E-state index contributed by atoms with van der Waals surface area (Å²) in [6.45, 7) is 9.74. The average molecular weight is 1590 g/mol. The Hall–Kier alpha value is -1.94. The number of esters is 4. The summed E-state index contributed by atoms with van der Waals surface area (Å²) in [7, 11) is -9.93. The minimum absolute atomic E-state index is 0.108. The molecule has 0 saturated heterocycles. The third-order valence-corrected chi connectivity index (χ3v) is 23.1. The molecule has 0 aliphatic rings. The van der Waals surface area contributed by atoms with Gasteiger partial charge in [-0.3, -0.25) is 37.3 Å². The second kappa shape index (κ2) is 81.2. The molecule has 2 unspecified atom stereocenters. The molecule has 3 N–H and O–H groups in total. The van der Waals surface area contributed by atoms with Crippen LogP contribution in [0.3, 0.4) is 0 Å². The molecule has 0 rings (SSSR count). The molecule has 0 fully saturated rings. The number of carbonyl (C=O) groups is 4. The first-order valence-electron chi connectivity index (χ1n) is 46.5. The van der Waals surface area contributed by atoms with Gasteiger partial charge in [0.1, 0.15) is 19.3 Å². The number of ether oxygens (including phenoxy) is 4. The van der Waals surface area contributed by atoms with Gasteiger partial charge in [-0.1, -0.05) is 433 Å². The zero-order chi connectivity index (χ0) is 79.9. The lowest BCUT2D eigenvalue weighted by atomic mass is 10.0. The zero-order valence-corrected chi connectivity index (χ0v) is 73.7. The molecule has 0 aromatic rings. The van der Waals surface area contributed by atoms with Crippen LogP contribution in [0.4, 0.5) is 0 Å². The average Bonchev–Trinajstić information content (AvgIpc) is 0.907. The molecule has 19 heteroatoms. The van der Waals surface area contributed by atoms with Crippen LogP contribution in [0.1, 0.15) is 485 Å². The van der Waals surface area contributed by atoms with Gasteiger partial charge in [0.25, 0.3) is 0 Å². The second-order valence-corrected chi connectivity index (χ2v) is 36.2. The van der Waals surface area contributed by atoms with Gasteiger partial charge in [0, 0.05) is 25.7 Å². The van der Waals surface area contributed by atoms with Crippen LogP contribution in [0.25, 0.3) is 0 Å². The summed E-state index contributed by atoms with van der Waals surface area (Å²) < 4.78 is 69.0. The standard InChI is InChI=1S/C90H176O17P2/c1-7-9-11-13-15-17-19-20-21-22-23-24-25-26-27-34-39-44-50-56-62-68-74-90(95)107-86(79-101-88(93)73-67-61-55-49-43-38-33-29-28-31-36-41-46-52-58-64-70-82(3)4)81-105-109(98,99)103-77-84(91)76-102-108(96,97)104-80-85(78-100-87(92)72-66-60-54-48-18-16-14-12-10-8-2)106-89(94)75-69-63-57-51-45-40-35-30-32-37-42-47-53-59-65-71-83(5)6/h82-86,91H,7-81H2,1-6H3,(H,96,97)(H,98,99)/t84-,85+,86+/m0/s1. The van der Waals surface area contributed by atoms with Crippen molar-refractivity contribution in [3.63, 3.8) is 0 Å². The molecule has 0 radical (unpaired) electrons. The number of unbranched alkanes of at least 4 members (excludes halogenated alkanes) is 59. The highest BCUT2D eigenvalue weighted by Crippen LogP contribution is 2.45. The van der Waals surface area contributed by atoms with Crippen LogP contribution in [0.2, 0.25) is 0 Å². The van der Waals surface area contributed by atoms with Crippen molar-refractivity contribution < 1.29 is 80.2 Å². The molecule has 0 amide bonds. The monoisotopic (exact) mass is 1590 g/mol. The number of phosphoric ester groups is 2. The number of aliphatic hydroxyl groups is 1. The molecule has 109 heavy (non-hydrogen) atoms. The van der Waals surface area contributed by atoms with Crippen LogP contribution in [0.15, 0.2) is 0 Å². The largest absolute Gasteiger partial charge is 0.472 e. The predicted molar refractivity (Wildman–Crippen MR) is 451 cm³/mol. The first-order chi connectivity index (χ1) is 52.9. The molecule has 648 valence electrons. The topological polar surface area (TPSA) is 237 Å². The van der Waals surface area contributed by atoms with Crippen LogP contribution in [-0.4, -0.2) is 96.7 Å². The number of carbonyl (C=O) groups excluding carboxylic acids is 4. The van der Waals surface area contributed by atoms with Crippen molar-refractivity contribution in [3.8, 4) is 0 Å². The predicted octanol–water partition coefficient (Wildman–Crippen LogP) is 27.8. The summed E-state index contributed by atoms with van der Waals surface area (Å²) in [6, 6.07) is 0. The third kappa shape index (κ3) is 83.8. The van der Waals surface area contributed by atoms with Gasteiger partial charge in [-0.2, -0.15) is 0 Å². The molecule has 0 aromatic carbocycles. The number of phosphoric acid groups is 2. The summed E-state index contributed by atoms with van der Waals surface area (Å²) in [4.78, 5) is 73.3. The summed E-state index contributed by atoms with van der Waals surface area (Å²) in [6.07, 6.45) is 75.1. The van der Waals surface area contributed by atoms with E-state index in [4.69, 9.17) is 37.0 Å². The van der Waals surface area contributed by atoms with E-state index < -0.39 is 97.5 Å². The number of rotatable bonds is 89. The fourth-order valence-electron chi connectivity index (χ4n) is 14.1. The Morgan fingerprint density at radius 3 is 0.624 bits per heavy atom. The second-order valence-electron chi connectivity index (χ2n) is 33.3. The Morgan fingerprint density at radius 2 is 0.422 bits per heavy atom. The van der Waals surface area contributed by atoms with E-state index in [1.807, 2.05) is 0 Å². The molecule has 0 heterocycles. The van der Waals surface area contributed by atoms with Crippen LogP contribution in [0, 0.1) is 11.8 Å². The van der Waals surface area contributed by atoms with Crippen LogP contribution in [-0.2, 0) is 65.4 Å². The molecule has 0 spiro atoms. The molecule has 5 atom stereocenters. The van der Waals surface area contributed by atoms with Crippen LogP contribution >= 0.6 is 15.6 Å². The van der Waals surface area contributed by atoms with Crippen molar-refractivity contribution in [1.82, 2.24) is 0 Å². The molecule has 0 saturated carbocycles. The maximum Gasteiger partial charge on any atom is 0.472 e. The number of hydrogen-bond donors (Lipinski definition) is 3. The molecule has 17 nitrogen and oxygen atoms in total. The van der Waals surface area contributed by atoms with E-state index in [1.54, 1.807) is 0 Å². The van der Waals surface area contributed by atoms with Gasteiger partial charge in [0.05, 0.1) is 26.4 Å². The van der Waals surface area contributed by atoms with Gasteiger partial charge in [0.15, 0.2) is 12.2 Å². The zero-order valence-electron chi connectivity index (χ0n) is 71.9. The highest BCUT2D eigenvalue weighted by atomic mass is 31.2. The SMILES string of the molecule is CCCCCCCCCCCCCCCCCCCCCCCCC(=O)O[C@H](COC(=O)CCCCCCCCCCCCCCCCCCC(C)C)COP(=O)(O)OC[C@@H](O)COP(=O)(O)OC[C@@H](COC(=O)CCCCCCCCCCCC)OC(=O)CCCCCCCCCCCCCCCCCC(C)C. The van der Waals surface area contributed by atoms with Crippen molar-refractivity contribution in [2.24, 2.45) is 11.8 Å². The van der Waals surface area contributed by atoms with Crippen LogP contribution in [0.5, 0.6) is 0 Å². The van der Waals surface area contributed by atoms with E-state index in [0.717, 1.165) is 102 Å². The van der Waals surface area contributed by atoms with Crippen molar-refractivity contribution >= 4 is 39.5 Å². The summed E-state index contributed by atoms with van der Waals surface area (Å²) >= 11 is 0. The van der Waals surface area contributed by atoms with Crippen LogP contribution < -0.4 is 0 Å². The number of hydrogen-bond acceptors (Lipinski definition) is 15. The van der Waals surface area contributed by atoms with E-state index in [9.17, 15) is 43.2 Å². The van der Waals surface area contributed by atoms with E-state index in [-0.39, 0.29) is 25.7 Å². The molecule has 0 aromatic heterocycles. The van der Waals surface area contributed by atoms with Crippen molar-refractivity contribution in [2.75, 3.05) is 39.6 Å². The Morgan fingerprint density at radius 1 is 0.248 bits per heavy atom. The maximum absolute atomic E-state index is 13.2. The van der Waals surface area contributed by atoms with Crippen molar-refractivity contribution in [2.45, 2.75) is 503 Å². The minimum Gasteiger partial charge on any atom is -0.462 e. The number of aliphatic hydroxyl groups excluding tert-OH is 1. The Bertz CT molecular complexity index is 2080. The summed E-state index contributed by atoms with van der Waals surface area (Å²) in [5, 5.41) is 10.7. The summed E-state index contributed by atoms with van der Waals surface area (Å²) in [5.41, 5.74) is 0. The van der Waals surface area contributed by atoms with Gasteiger partial charge in [-0.25, -0.2) is 9.13 Å². The molecular weight excluding hydrogens is 1410 g/mol. The first kappa shape index (κ1) is 107. The van der Waals surface area contributed by atoms with E-state index in [2.05, 4.69) is 41.5 Å². The smallest absolute Gasteiger partial charge is 0.462 e. The Balaban J connectivity index is 5.21. The molecular formula is C90H176O17P2. The maximum atomic E-state index is 13.2. The van der Waals surface area contributed by atoms with E-state index in [1.165, 1.54) is 302 Å². The first-order valence-corrected chi connectivity index (χ1v) is 49.5. The van der Waals surface area contributed by atoms with Gasteiger partial charge in [-0.15, -0.1) is 0 Å². The molecule has 0 aliphatic heterocycles. The molecule has 0 aliphatic carbocycles. The van der Waals surface area contributed by atoms with Crippen molar-refractivity contribution in [3.05, 3.63) is 0 Å². The fourth-order valence-corrected chi connectivity index (χ4v) is 15.7. The minimum atomic E-state index is -4.97. The fraction of sp³-hybridized carbons (Fsp3) is 0.956. The van der Waals surface area contributed by atoms with Gasteiger partial charge in [0.2, 0.25) is 0 Å². The van der Waals surface area contributed by atoms with Gasteiger partial charge in [-0.05, 0) is 37.5 Å². The highest BCUT2D eigenvalue weighted by molar-refractivity contribution is 7.47.